The van der Waals surface area contributed by atoms with E-state index in [0.29, 0.717) is 19.4 Å². The van der Waals surface area contributed by atoms with Crippen molar-refractivity contribution in [2.24, 2.45) is 0 Å². The number of carbonyl (C=O) groups excluding carboxylic acids is 2. The molecule has 0 fully saturated rings. The highest BCUT2D eigenvalue weighted by Gasteiger charge is 2.39. The molecule has 0 N–H and O–H groups in total. The lowest BCUT2D eigenvalue weighted by molar-refractivity contribution is -0.119. The molecule has 2 aromatic carbocycles. The Balaban J connectivity index is 1.77. The summed E-state index contributed by atoms with van der Waals surface area (Å²) in [6, 6.07) is 15.8. The van der Waals surface area contributed by atoms with Gasteiger partial charge in [0.05, 0.1) is 6.61 Å². The Morgan fingerprint density at radius 3 is 2.39 bits per heavy atom. The summed E-state index contributed by atoms with van der Waals surface area (Å²) >= 11 is 0. The number of allylic oxidation sites excluding steroid dienone is 2. The zero-order chi connectivity index (χ0) is 19.7. The summed E-state index contributed by atoms with van der Waals surface area (Å²) in [6.45, 7) is 4.59. The van der Waals surface area contributed by atoms with Gasteiger partial charge in [0.15, 0.2) is 5.78 Å². The van der Waals surface area contributed by atoms with Crippen LogP contribution in [0.15, 0.2) is 59.8 Å². The third-order valence-corrected chi connectivity index (χ3v) is 5.56. The van der Waals surface area contributed by atoms with Gasteiger partial charge >= 0.3 is 0 Å². The molecule has 2 aromatic rings. The zero-order valence-electron chi connectivity index (χ0n) is 16.4. The third kappa shape index (κ3) is 3.35. The van der Waals surface area contributed by atoms with Crippen LogP contribution in [0.25, 0.3) is 0 Å². The average Bonchev–Trinajstić information content (AvgIpc) is 2.69. The molecule has 0 spiro atoms. The van der Waals surface area contributed by atoms with Gasteiger partial charge in [-0.3, -0.25) is 14.5 Å². The van der Waals surface area contributed by atoms with Crippen LogP contribution < -0.4 is 9.64 Å². The first-order valence-corrected chi connectivity index (χ1v) is 9.97. The number of carbonyl (C=O) groups is 2. The van der Waals surface area contributed by atoms with E-state index >= 15 is 0 Å². The zero-order valence-corrected chi connectivity index (χ0v) is 16.4. The topological polar surface area (TPSA) is 46.6 Å². The number of anilines is 1. The molecule has 0 saturated heterocycles. The summed E-state index contributed by atoms with van der Waals surface area (Å²) < 4.78 is 5.53. The Bertz CT molecular complexity index is 925. The number of ketones is 1. The fraction of sp³-hybridized carbons (Fsp3) is 0.333. The molecule has 1 heterocycles. The van der Waals surface area contributed by atoms with Gasteiger partial charge in [-0.1, -0.05) is 29.8 Å². The maximum absolute atomic E-state index is 13.2. The van der Waals surface area contributed by atoms with Crippen molar-refractivity contribution in [3.63, 3.8) is 0 Å². The van der Waals surface area contributed by atoms with Crippen molar-refractivity contribution in [2.75, 3.05) is 11.5 Å². The van der Waals surface area contributed by atoms with E-state index in [1.54, 1.807) is 4.90 Å². The molecule has 0 radical (unpaired) electrons. The molecule has 1 aliphatic heterocycles. The van der Waals surface area contributed by atoms with E-state index < -0.39 is 0 Å². The highest BCUT2D eigenvalue weighted by Crippen LogP contribution is 2.43. The van der Waals surface area contributed by atoms with Crippen molar-refractivity contribution in [1.29, 1.82) is 0 Å². The van der Waals surface area contributed by atoms with Gasteiger partial charge in [0.2, 0.25) is 5.91 Å². The summed E-state index contributed by atoms with van der Waals surface area (Å²) in [4.78, 5) is 27.8. The molecule has 0 aromatic heterocycles. The fourth-order valence-electron chi connectivity index (χ4n) is 4.23. The number of amides is 1. The van der Waals surface area contributed by atoms with E-state index in [4.69, 9.17) is 4.74 Å². The molecule has 1 aliphatic carbocycles. The van der Waals surface area contributed by atoms with E-state index in [1.165, 1.54) is 0 Å². The van der Waals surface area contributed by atoms with Gasteiger partial charge < -0.3 is 4.74 Å². The Kier molecular flexibility index (Phi) is 5.03. The molecule has 4 heteroatoms. The minimum atomic E-state index is -0.173. The predicted octanol–water partition coefficient (Wildman–Crippen LogP) is 4.92. The van der Waals surface area contributed by atoms with Crippen LogP contribution in [0.2, 0.25) is 0 Å². The summed E-state index contributed by atoms with van der Waals surface area (Å²) in [7, 11) is 0. The number of aryl methyl sites for hydroxylation is 1. The van der Waals surface area contributed by atoms with Crippen LogP contribution in [0.4, 0.5) is 5.69 Å². The molecule has 4 rings (SSSR count). The van der Waals surface area contributed by atoms with E-state index in [0.717, 1.165) is 46.7 Å². The summed E-state index contributed by atoms with van der Waals surface area (Å²) in [6.07, 6.45) is 2.42. The molecule has 0 bridgehead atoms. The molecule has 1 amide bonds. The van der Waals surface area contributed by atoms with E-state index in [9.17, 15) is 9.59 Å². The highest BCUT2D eigenvalue weighted by molar-refractivity contribution is 6.07. The largest absolute Gasteiger partial charge is 0.494 e. The second-order valence-corrected chi connectivity index (χ2v) is 7.46. The van der Waals surface area contributed by atoms with Crippen LogP contribution in [-0.2, 0) is 9.59 Å². The summed E-state index contributed by atoms with van der Waals surface area (Å²) in [5.74, 6) is 0.854. The highest BCUT2D eigenvalue weighted by atomic mass is 16.5. The molecular formula is C24H25NO3. The van der Waals surface area contributed by atoms with Crippen molar-refractivity contribution in [3.05, 3.63) is 70.9 Å². The van der Waals surface area contributed by atoms with E-state index in [-0.39, 0.29) is 17.6 Å². The summed E-state index contributed by atoms with van der Waals surface area (Å²) in [5, 5.41) is 0. The lowest BCUT2D eigenvalue weighted by Crippen LogP contribution is -2.40. The van der Waals surface area contributed by atoms with Crippen LogP contribution in [0.5, 0.6) is 5.75 Å². The van der Waals surface area contributed by atoms with Crippen LogP contribution in [0.1, 0.15) is 49.7 Å². The monoisotopic (exact) mass is 375 g/mol. The van der Waals surface area contributed by atoms with Gasteiger partial charge in [-0.05, 0) is 56.5 Å². The first kappa shape index (κ1) is 18.5. The molecule has 0 saturated carbocycles. The molecule has 4 nitrogen and oxygen atoms in total. The van der Waals surface area contributed by atoms with Gasteiger partial charge in [-0.2, -0.15) is 0 Å². The van der Waals surface area contributed by atoms with E-state index in [2.05, 4.69) is 0 Å². The third-order valence-electron chi connectivity index (χ3n) is 5.56. The standard InChI is InChI=1S/C24H25NO3/c1-3-28-19-13-9-17(10-14-19)20-15-23(27)25(18-11-7-16(2)8-12-18)21-5-4-6-22(26)24(20)21/h7-14,20H,3-6,15H2,1-2H3. The van der Waals surface area contributed by atoms with Gasteiger partial charge in [-0.25, -0.2) is 0 Å². The summed E-state index contributed by atoms with van der Waals surface area (Å²) in [5.41, 5.74) is 4.70. The quantitative estimate of drug-likeness (QED) is 0.762. The van der Waals surface area contributed by atoms with Gasteiger partial charge in [0.1, 0.15) is 5.75 Å². The second kappa shape index (κ2) is 7.63. The van der Waals surface area contributed by atoms with Crippen molar-refractivity contribution in [3.8, 4) is 5.75 Å². The number of hydrogen-bond acceptors (Lipinski definition) is 3. The SMILES string of the molecule is CCOc1ccc(C2CC(=O)N(c3ccc(C)cc3)C3=C2C(=O)CCC3)cc1. The second-order valence-electron chi connectivity index (χ2n) is 7.46. The van der Waals surface area contributed by atoms with Crippen molar-refractivity contribution in [1.82, 2.24) is 0 Å². The minimum absolute atomic E-state index is 0.0520. The number of rotatable bonds is 4. The maximum atomic E-state index is 13.2. The Morgan fingerprint density at radius 2 is 1.71 bits per heavy atom. The smallest absolute Gasteiger partial charge is 0.232 e. The van der Waals surface area contributed by atoms with Crippen LogP contribution in [-0.4, -0.2) is 18.3 Å². The average molecular weight is 375 g/mol. The number of Topliss-reactive ketones (excluding diaryl/α,β-unsaturated/α-hetero) is 1. The number of ether oxygens (including phenoxy) is 1. The molecule has 144 valence electrons. The maximum Gasteiger partial charge on any atom is 0.232 e. The van der Waals surface area contributed by atoms with Crippen LogP contribution >= 0.6 is 0 Å². The Morgan fingerprint density at radius 1 is 1.00 bits per heavy atom. The number of nitrogens with zero attached hydrogens (tertiary/aromatic N) is 1. The van der Waals surface area contributed by atoms with Crippen molar-refractivity contribution >= 4 is 17.4 Å². The minimum Gasteiger partial charge on any atom is -0.494 e. The van der Waals surface area contributed by atoms with Crippen LogP contribution in [0, 0.1) is 6.92 Å². The van der Waals surface area contributed by atoms with Crippen molar-refractivity contribution in [2.45, 2.75) is 45.4 Å². The lowest BCUT2D eigenvalue weighted by Gasteiger charge is -2.38. The predicted molar refractivity (Wildman–Crippen MR) is 110 cm³/mol. The normalized spacial score (nSPS) is 19.6. The fourth-order valence-corrected chi connectivity index (χ4v) is 4.23. The van der Waals surface area contributed by atoms with Gasteiger partial charge in [-0.15, -0.1) is 0 Å². The number of hydrogen-bond donors (Lipinski definition) is 0. The van der Waals surface area contributed by atoms with Crippen molar-refractivity contribution < 1.29 is 14.3 Å². The van der Waals surface area contributed by atoms with Crippen LogP contribution in [0.3, 0.4) is 0 Å². The first-order chi connectivity index (χ1) is 13.6. The first-order valence-electron chi connectivity index (χ1n) is 9.97. The molecular weight excluding hydrogens is 350 g/mol. The molecule has 2 aliphatic rings. The Labute approximate surface area is 165 Å². The Hall–Kier alpha value is -2.88. The van der Waals surface area contributed by atoms with E-state index in [1.807, 2.05) is 62.4 Å². The molecule has 1 atom stereocenters. The van der Waals surface area contributed by atoms with Gasteiger partial charge in [0, 0.05) is 35.7 Å². The number of benzene rings is 2. The lowest BCUT2D eigenvalue weighted by atomic mass is 9.77. The molecule has 28 heavy (non-hydrogen) atoms. The van der Waals surface area contributed by atoms with Gasteiger partial charge in [0.25, 0.3) is 0 Å². The molecule has 1 unspecified atom stereocenters.